The van der Waals surface area contributed by atoms with Gasteiger partial charge in [0, 0.05) is 10.8 Å². The van der Waals surface area contributed by atoms with E-state index in [1.165, 1.54) is 0 Å². The summed E-state index contributed by atoms with van der Waals surface area (Å²) in [4.78, 5) is 16.6. The third kappa shape index (κ3) is 2.82. The van der Waals surface area contributed by atoms with Gasteiger partial charge in [0.05, 0.1) is 16.1 Å². The molecule has 0 amide bonds. The van der Waals surface area contributed by atoms with Crippen LogP contribution < -0.4 is 0 Å². The zero-order valence-electron chi connectivity index (χ0n) is 10.5. The number of hydrogen-bond donors (Lipinski definition) is 1. The number of carboxylic acids is 1. The van der Waals surface area contributed by atoms with Gasteiger partial charge in [0.25, 0.3) is 0 Å². The molecule has 1 aromatic rings. The van der Waals surface area contributed by atoms with Crippen molar-refractivity contribution in [3.63, 3.8) is 0 Å². The van der Waals surface area contributed by atoms with Crippen LogP contribution in [0.15, 0.2) is 0 Å². The van der Waals surface area contributed by atoms with Crippen LogP contribution >= 0.6 is 11.3 Å². The van der Waals surface area contributed by atoms with Crippen molar-refractivity contribution in [3.8, 4) is 0 Å². The second-order valence-corrected chi connectivity index (χ2v) is 6.20. The maximum absolute atomic E-state index is 11.1. The van der Waals surface area contributed by atoms with Gasteiger partial charge in [-0.3, -0.25) is 4.79 Å². The number of hydrogen-bond acceptors (Lipinski definition) is 3. The first-order valence-electron chi connectivity index (χ1n) is 5.43. The highest BCUT2D eigenvalue weighted by Gasteiger charge is 2.29. The summed E-state index contributed by atoms with van der Waals surface area (Å²) in [6.07, 6.45) is 0.554. The lowest BCUT2D eigenvalue weighted by molar-refractivity contribution is -0.146. The molecule has 3 nitrogen and oxygen atoms in total. The first kappa shape index (κ1) is 13.2. The van der Waals surface area contributed by atoms with Gasteiger partial charge in [0.1, 0.15) is 0 Å². The van der Waals surface area contributed by atoms with Gasteiger partial charge >= 0.3 is 5.97 Å². The van der Waals surface area contributed by atoms with Crippen LogP contribution in [0.5, 0.6) is 0 Å². The smallest absolute Gasteiger partial charge is 0.309 e. The van der Waals surface area contributed by atoms with Gasteiger partial charge in [0.15, 0.2) is 0 Å². The van der Waals surface area contributed by atoms with Gasteiger partial charge in [0.2, 0.25) is 0 Å². The van der Waals surface area contributed by atoms with Crippen molar-refractivity contribution in [1.29, 1.82) is 0 Å². The van der Waals surface area contributed by atoms with Gasteiger partial charge in [-0.2, -0.15) is 0 Å². The largest absolute Gasteiger partial charge is 0.481 e. The third-order valence-corrected chi connectivity index (χ3v) is 4.04. The highest BCUT2D eigenvalue weighted by molar-refractivity contribution is 7.11. The van der Waals surface area contributed by atoms with E-state index in [1.807, 2.05) is 6.92 Å². The van der Waals surface area contributed by atoms with Gasteiger partial charge < -0.3 is 5.11 Å². The second kappa shape index (κ2) is 4.53. The molecule has 16 heavy (non-hydrogen) atoms. The number of aryl methyl sites for hydroxylation is 1. The van der Waals surface area contributed by atoms with Crippen molar-refractivity contribution in [2.24, 2.45) is 5.41 Å². The summed E-state index contributed by atoms with van der Waals surface area (Å²) in [5, 5.41) is 10.2. The lowest BCUT2D eigenvalue weighted by Crippen LogP contribution is -2.26. The number of nitrogens with zero attached hydrogens (tertiary/aromatic N) is 1. The maximum atomic E-state index is 11.1. The summed E-state index contributed by atoms with van der Waals surface area (Å²) >= 11 is 1.64. The van der Waals surface area contributed by atoms with E-state index in [2.05, 4.69) is 18.8 Å². The number of rotatable bonds is 4. The average Bonchev–Trinajstić information content (AvgIpc) is 2.47. The molecule has 0 atom stereocenters. The van der Waals surface area contributed by atoms with Crippen LogP contribution in [0.2, 0.25) is 0 Å². The predicted octanol–water partition coefficient (Wildman–Crippen LogP) is 3.23. The molecule has 0 aromatic carbocycles. The van der Waals surface area contributed by atoms with E-state index in [9.17, 15) is 4.79 Å². The fourth-order valence-corrected chi connectivity index (χ4v) is 2.64. The molecule has 1 rings (SSSR count). The summed E-state index contributed by atoms with van der Waals surface area (Å²) in [6, 6.07) is 0. The van der Waals surface area contributed by atoms with Crippen molar-refractivity contribution < 1.29 is 9.90 Å². The Kier molecular flexibility index (Phi) is 3.73. The highest BCUT2D eigenvalue weighted by atomic mass is 32.1. The summed E-state index contributed by atoms with van der Waals surface area (Å²) in [5.74, 6) is -0.350. The highest BCUT2D eigenvalue weighted by Crippen LogP contribution is 2.30. The molecule has 1 heterocycles. The number of aliphatic carboxylic acids is 1. The average molecular weight is 241 g/mol. The Hall–Kier alpha value is -0.900. The Morgan fingerprint density at radius 2 is 2.06 bits per heavy atom. The van der Waals surface area contributed by atoms with Crippen LogP contribution in [-0.2, 0) is 11.2 Å². The van der Waals surface area contributed by atoms with E-state index in [1.54, 1.807) is 25.2 Å². The van der Waals surface area contributed by atoms with Crippen LogP contribution in [0.4, 0.5) is 0 Å². The monoisotopic (exact) mass is 241 g/mol. The number of carbonyl (C=O) groups is 1. The minimum atomic E-state index is -0.758. The van der Waals surface area contributed by atoms with E-state index in [0.29, 0.717) is 12.3 Å². The molecule has 90 valence electrons. The molecule has 0 saturated heterocycles. The molecule has 0 aliphatic heterocycles. The molecule has 0 saturated carbocycles. The van der Waals surface area contributed by atoms with Crippen LogP contribution in [0.1, 0.15) is 49.2 Å². The summed E-state index contributed by atoms with van der Waals surface area (Å²) < 4.78 is 0. The predicted molar refractivity (Wildman–Crippen MR) is 66.1 cm³/mol. The Bertz CT molecular complexity index is 394. The van der Waals surface area contributed by atoms with Crippen molar-refractivity contribution in [1.82, 2.24) is 4.98 Å². The zero-order chi connectivity index (χ0) is 12.5. The van der Waals surface area contributed by atoms with Gasteiger partial charge in [-0.25, -0.2) is 4.98 Å². The molecule has 0 fully saturated rings. The first-order valence-corrected chi connectivity index (χ1v) is 6.25. The SMILES string of the molecule is Cc1nc(C(C)C)sc1CC(C)(C)C(=O)O. The first-order chi connectivity index (χ1) is 7.24. The molecule has 0 aliphatic carbocycles. The van der Waals surface area contributed by atoms with E-state index in [-0.39, 0.29) is 0 Å². The lowest BCUT2D eigenvalue weighted by Gasteiger charge is -2.17. The van der Waals surface area contributed by atoms with Crippen LogP contribution in [-0.4, -0.2) is 16.1 Å². The quantitative estimate of drug-likeness (QED) is 0.880. The van der Waals surface area contributed by atoms with Crippen molar-refractivity contribution in [2.45, 2.75) is 47.0 Å². The van der Waals surface area contributed by atoms with E-state index < -0.39 is 11.4 Å². The summed E-state index contributed by atoms with van der Waals surface area (Å²) in [5.41, 5.74) is 0.258. The third-order valence-electron chi connectivity index (χ3n) is 2.58. The summed E-state index contributed by atoms with van der Waals surface area (Å²) in [7, 11) is 0. The molecule has 0 aliphatic rings. The summed E-state index contributed by atoms with van der Waals surface area (Å²) in [6.45, 7) is 9.66. The molecule has 0 radical (unpaired) electrons. The zero-order valence-corrected chi connectivity index (χ0v) is 11.3. The van der Waals surface area contributed by atoms with Crippen molar-refractivity contribution in [3.05, 3.63) is 15.6 Å². The van der Waals surface area contributed by atoms with Crippen molar-refractivity contribution >= 4 is 17.3 Å². The number of thiazole rings is 1. The molecule has 1 aromatic heterocycles. The lowest BCUT2D eigenvalue weighted by atomic mass is 9.88. The van der Waals surface area contributed by atoms with Gasteiger partial charge in [-0.1, -0.05) is 13.8 Å². The molecule has 0 spiro atoms. The van der Waals surface area contributed by atoms with Gasteiger partial charge in [-0.05, 0) is 27.2 Å². The number of carboxylic acid groups (broad SMARTS) is 1. The molecular formula is C12H19NO2S. The van der Waals surface area contributed by atoms with Crippen LogP contribution in [0.25, 0.3) is 0 Å². The van der Waals surface area contributed by atoms with E-state index >= 15 is 0 Å². The van der Waals surface area contributed by atoms with E-state index in [4.69, 9.17) is 5.11 Å². The molecule has 0 unspecified atom stereocenters. The minimum Gasteiger partial charge on any atom is -0.481 e. The van der Waals surface area contributed by atoms with Gasteiger partial charge in [-0.15, -0.1) is 11.3 Å². The topological polar surface area (TPSA) is 50.2 Å². The molecular weight excluding hydrogens is 222 g/mol. The molecule has 0 bridgehead atoms. The Balaban J connectivity index is 2.94. The maximum Gasteiger partial charge on any atom is 0.309 e. The normalized spacial score (nSPS) is 12.1. The Morgan fingerprint density at radius 1 is 1.50 bits per heavy atom. The molecule has 4 heteroatoms. The van der Waals surface area contributed by atoms with Crippen LogP contribution in [0, 0.1) is 12.3 Å². The fourth-order valence-electron chi connectivity index (χ4n) is 1.34. The molecule has 1 N–H and O–H groups in total. The van der Waals surface area contributed by atoms with Crippen molar-refractivity contribution in [2.75, 3.05) is 0 Å². The van der Waals surface area contributed by atoms with E-state index in [0.717, 1.165) is 15.6 Å². The minimum absolute atomic E-state index is 0.408. The van der Waals surface area contributed by atoms with Crippen LogP contribution in [0.3, 0.4) is 0 Å². The second-order valence-electron chi connectivity index (χ2n) is 5.08. The Labute approximate surface area is 101 Å². The fraction of sp³-hybridized carbons (Fsp3) is 0.667. The standard InChI is InChI=1S/C12H19NO2S/c1-7(2)10-13-8(3)9(16-10)6-12(4,5)11(14)15/h7H,6H2,1-5H3,(H,14,15). The number of aromatic nitrogens is 1. The Morgan fingerprint density at radius 3 is 2.44 bits per heavy atom.